The van der Waals surface area contributed by atoms with Crippen molar-refractivity contribution in [1.82, 2.24) is 15.0 Å². The first kappa shape index (κ1) is 29.1. The molecule has 9 aromatic rings. The van der Waals surface area contributed by atoms with Crippen molar-refractivity contribution in [1.29, 1.82) is 0 Å². The molecule has 0 spiro atoms. The quantitative estimate of drug-likeness (QED) is 0.185. The highest BCUT2D eigenvalue weighted by Gasteiger charge is 2.46. The zero-order valence-electron chi connectivity index (χ0n) is 27.4. The smallest absolute Gasteiger partial charge is 0.167 e. The Hall–Kier alpha value is -6.85. The molecule has 0 saturated heterocycles. The maximum Gasteiger partial charge on any atom is 0.167 e. The molecule has 0 fully saturated rings. The van der Waals surface area contributed by atoms with Gasteiger partial charge < -0.3 is 9.15 Å². The molecule has 0 bridgehead atoms. The van der Waals surface area contributed by atoms with E-state index in [1.54, 1.807) is 0 Å². The van der Waals surface area contributed by atoms with Crippen LogP contribution in [0.5, 0.6) is 11.5 Å². The van der Waals surface area contributed by atoms with E-state index in [1.807, 2.05) is 84.9 Å². The van der Waals surface area contributed by atoms with Crippen molar-refractivity contribution in [2.45, 2.75) is 5.41 Å². The minimum Gasteiger partial charge on any atom is -0.457 e. The van der Waals surface area contributed by atoms with E-state index in [0.717, 1.165) is 72.4 Å². The third-order valence-corrected chi connectivity index (χ3v) is 9.89. The fraction of sp³-hybridized carbons (Fsp3) is 0.0217. The predicted octanol–water partition coefficient (Wildman–Crippen LogP) is 11.3. The molecule has 0 atom stereocenters. The molecular weight excluding hydrogens is 627 g/mol. The fourth-order valence-electron chi connectivity index (χ4n) is 7.70. The molecule has 0 amide bonds. The van der Waals surface area contributed by atoms with E-state index >= 15 is 0 Å². The maximum atomic E-state index is 6.59. The number of rotatable bonds is 5. The largest absolute Gasteiger partial charge is 0.457 e. The molecule has 5 nitrogen and oxygen atoms in total. The third-order valence-electron chi connectivity index (χ3n) is 9.89. The van der Waals surface area contributed by atoms with Gasteiger partial charge >= 0.3 is 0 Å². The molecule has 1 aliphatic heterocycles. The lowest BCUT2D eigenvalue weighted by Gasteiger charge is -2.42. The van der Waals surface area contributed by atoms with Crippen LogP contribution < -0.4 is 4.74 Å². The van der Waals surface area contributed by atoms with E-state index in [0.29, 0.717) is 17.5 Å². The van der Waals surface area contributed by atoms with Gasteiger partial charge in [0, 0.05) is 33.0 Å². The van der Waals surface area contributed by atoms with Gasteiger partial charge in [0.2, 0.25) is 0 Å². The Bertz CT molecular complexity index is 2690. The van der Waals surface area contributed by atoms with Crippen LogP contribution in [0.2, 0.25) is 0 Å². The number of hydrogen-bond donors (Lipinski definition) is 0. The summed E-state index contributed by atoms with van der Waals surface area (Å²) in [5, 5.41) is 2.07. The van der Waals surface area contributed by atoms with Gasteiger partial charge in [-0.05, 0) is 35.4 Å². The molecule has 0 radical (unpaired) electrons. The first-order chi connectivity index (χ1) is 25.3. The zero-order chi connectivity index (χ0) is 33.8. The van der Waals surface area contributed by atoms with Crippen molar-refractivity contribution in [2.24, 2.45) is 0 Å². The summed E-state index contributed by atoms with van der Waals surface area (Å²) in [6.07, 6.45) is 0. The van der Waals surface area contributed by atoms with Crippen LogP contribution in [0, 0.1) is 0 Å². The normalized spacial score (nSPS) is 13.0. The Labute approximate surface area is 294 Å². The molecule has 0 aliphatic carbocycles. The van der Waals surface area contributed by atoms with Gasteiger partial charge in [0.1, 0.15) is 22.7 Å². The van der Waals surface area contributed by atoms with Gasteiger partial charge in [-0.1, -0.05) is 152 Å². The second kappa shape index (κ2) is 11.6. The second-order valence-corrected chi connectivity index (χ2v) is 12.7. The zero-order valence-corrected chi connectivity index (χ0v) is 27.4. The van der Waals surface area contributed by atoms with Crippen LogP contribution in [0.15, 0.2) is 180 Å². The van der Waals surface area contributed by atoms with Crippen molar-refractivity contribution in [3.63, 3.8) is 0 Å². The number of ether oxygens (including phenoxy) is 1. The van der Waals surface area contributed by atoms with Gasteiger partial charge in [-0.2, -0.15) is 0 Å². The summed E-state index contributed by atoms with van der Waals surface area (Å²) in [5.41, 5.74) is 7.67. The maximum absolute atomic E-state index is 6.59. The summed E-state index contributed by atoms with van der Waals surface area (Å²) in [7, 11) is 0. The SMILES string of the molecule is c1ccc(-c2nc(-c3ccccc3C3(c4ccccc4)c4ccccc4Oc4ccccc43)nc(-c3cccc4c3oc3ccccc34)n2)cc1. The molecule has 51 heavy (non-hydrogen) atoms. The van der Waals surface area contributed by atoms with E-state index in [2.05, 4.69) is 91.0 Å². The number of furan rings is 1. The van der Waals surface area contributed by atoms with Crippen LogP contribution in [-0.4, -0.2) is 15.0 Å². The van der Waals surface area contributed by atoms with Gasteiger partial charge in [0.05, 0.1) is 11.0 Å². The Morgan fingerprint density at radius 3 is 1.67 bits per heavy atom. The molecule has 2 aromatic heterocycles. The topological polar surface area (TPSA) is 61.0 Å². The average molecular weight is 656 g/mol. The van der Waals surface area contributed by atoms with Gasteiger partial charge in [-0.3, -0.25) is 0 Å². The summed E-state index contributed by atoms with van der Waals surface area (Å²) in [4.78, 5) is 15.6. The monoisotopic (exact) mass is 655 g/mol. The predicted molar refractivity (Wildman–Crippen MR) is 202 cm³/mol. The Morgan fingerprint density at radius 1 is 0.392 bits per heavy atom. The van der Waals surface area contributed by atoms with E-state index in [4.69, 9.17) is 24.1 Å². The number of hydrogen-bond acceptors (Lipinski definition) is 5. The van der Waals surface area contributed by atoms with Crippen molar-refractivity contribution < 1.29 is 9.15 Å². The number of para-hydroxylation sites is 4. The Kier molecular flexibility index (Phi) is 6.64. The highest BCUT2D eigenvalue weighted by Crippen LogP contribution is 2.56. The molecule has 3 heterocycles. The van der Waals surface area contributed by atoms with Gasteiger partial charge in [-0.15, -0.1) is 0 Å². The van der Waals surface area contributed by atoms with Crippen LogP contribution in [0.4, 0.5) is 0 Å². The van der Waals surface area contributed by atoms with Crippen LogP contribution in [0.1, 0.15) is 22.3 Å². The minimum atomic E-state index is -0.748. The lowest BCUT2D eigenvalue weighted by Crippen LogP contribution is -2.34. The molecule has 0 unspecified atom stereocenters. The third kappa shape index (κ3) is 4.52. The Balaban J connectivity index is 1.29. The van der Waals surface area contributed by atoms with Crippen molar-refractivity contribution in [3.8, 4) is 45.7 Å². The first-order valence-corrected chi connectivity index (χ1v) is 17.0. The second-order valence-electron chi connectivity index (χ2n) is 12.7. The molecule has 5 heteroatoms. The van der Waals surface area contributed by atoms with E-state index in [9.17, 15) is 0 Å². The number of nitrogens with zero attached hydrogens (tertiary/aromatic N) is 3. The van der Waals surface area contributed by atoms with Gasteiger partial charge in [0.15, 0.2) is 17.5 Å². The molecule has 240 valence electrons. The van der Waals surface area contributed by atoms with Crippen molar-refractivity contribution in [2.75, 3.05) is 0 Å². The van der Waals surface area contributed by atoms with Crippen LogP contribution in [0.3, 0.4) is 0 Å². The summed E-state index contributed by atoms with van der Waals surface area (Å²) >= 11 is 0. The highest BCUT2D eigenvalue weighted by molar-refractivity contribution is 6.09. The van der Waals surface area contributed by atoms with Gasteiger partial charge in [0.25, 0.3) is 0 Å². The van der Waals surface area contributed by atoms with E-state index in [-0.39, 0.29) is 0 Å². The van der Waals surface area contributed by atoms with E-state index in [1.165, 1.54) is 0 Å². The standard InChI is InChI=1S/C46H29N3O2/c1-3-16-30(17-4-1)43-47-44(49-45(48-43)35-23-15-22-33-32-20-8-12-27-39(32)51-42(33)35)34-21-7-9-24-36(34)46(31-18-5-2-6-19-31)37-25-10-13-28-40(37)50-41-29-14-11-26-38(41)46/h1-29H. The van der Waals surface area contributed by atoms with Crippen molar-refractivity contribution >= 4 is 21.9 Å². The van der Waals surface area contributed by atoms with E-state index < -0.39 is 5.41 Å². The van der Waals surface area contributed by atoms with Crippen LogP contribution in [-0.2, 0) is 5.41 Å². The summed E-state index contributed by atoms with van der Waals surface area (Å²) in [5.74, 6) is 3.32. The molecule has 0 N–H and O–H groups in total. The summed E-state index contributed by atoms with van der Waals surface area (Å²) < 4.78 is 13.1. The summed E-state index contributed by atoms with van der Waals surface area (Å²) in [6, 6.07) is 60.1. The first-order valence-electron chi connectivity index (χ1n) is 17.0. The molecule has 1 aliphatic rings. The van der Waals surface area contributed by atoms with Crippen LogP contribution >= 0.6 is 0 Å². The van der Waals surface area contributed by atoms with Crippen LogP contribution in [0.25, 0.3) is 56.1 Å². The number of aromatic nitrogens is 3. The van der Waals surface area contributed by atoms with Gasteiger partial charge in [-0.25, -0.2) is 15.0 Å². The molecule has 0 saturated carbocycles. The fourth-order valence-corrected chi connectivity index (χ4v) is 7.70. The van der Waals surface area contributed by atoms with Crippen molar-refractivity contribution in [3.05, 3.63) is 198 Å². The lowest BCUT2D eigenvalue weighted by molar-refractivity contribution is 0.434. The summed E-state index contributed by atoms with van der Waals surface area (Å²) in [6.45, 7) is 0. The molecule has 7 aromatic carbocycles. The molecular formula is C46H29N3O2. The number of benzene rings is 7. The highest BCUT2D eigenvalue weighted by atomic mass is 16.5. The Morgan fingerprint density at radius 2 is 0.922 bits per heavy atom. The molecule has 10 rings (SSSR count). The average Bonchev–Trinajstić information content (AvgIpc) is 3.59. The minimum absolute atomic E-state index is 0.542. The lowest BCUT2D eigenvalue weighted by atomic mass is 9.62. The number of fused-ring (bicyclic) bond motifs is 5.